The van der Waals surface area contributed by atoms with Gasteiger partial charge in [-0.15, -0.1) is 0 Å². The smallest absolute Gasteiger partial charge is 0.0701 e. The van der Waals surface area contributed by atoms with Gasteiger partial charge in [0.2, 0.25) is 0 Å². The van der Waals surface area contributed by atoms with Crippen LogP contribution in [-0.4, -0.2) is 24.8 Å². The van der Waals surface area contributed by atoms with E-state index in [0.717, 1.165) is 6.54 Å². The number of nitrogens with one attached hydrogen (secondary N) is 1. The lowest BCUT2D eigenvalue weighted by Crippen LogP contribution is -2.48. The van der Waals surface area contributed by atoms with Gasteiger partial charge in [-0.05, 0) is 20.8 Å². The molecule has 0 spiro atoms. The van der Waals surface area contributed by atoms with E-state index < -0.39 is 0 Å². The molecule has 1 heterocycles. The Morgan fingerprint density at radius 2 is 2.00 bits per heavy atom. The maximum atomic E-state index is 5.54. The Bertz CT molecular complexity index is 94.9. The predicted octanol–water partition coefficient (Wildman–Crippen LogP) is 0.772. The lowest BCUT2D eigenvalue weighted by atomic mass is 10.1. The fourth-order valence-corrected chi connectivity index (χ4v) is 1.05. The highest BCUT2D eigenvalue weighted by Gasteiger charge is 2.20. The number of rotatable bonds is 0. The van der Waals surface area contributed by atoms with Crippen LogP contribution in [-0.2, 0) is 4.74 Å². The van der Waals surface area contributed by atoms with Crippen LogP contribution in [0.4, 0.5) is 0 Å². The third kappa shape index (κ3) is 1.66. The van der Waals surface area contributed by atoms with Crippen molar-refractivity contribution in [1.29, 1.82) is 0 Å². The molecule has 1 rings (SSSR count). The maximum Gasteiger partial charge on any atom is 0.0701 e. The first-order valence-corrected chi connectivity index (χ1v) is 3.59. The van der Waals surface area contributed by atoms with Crippen molar-refractivity contribution in [2.75, 3.05) is 6.54 Å². The summed E-state index contributed by atoms with van der Waals surface area (Å²) in [6.45, 7) is 7.34. The van der Waals surface area contributed by atoms with E-state index in [0.29, 0.717) is 18.2 Å². The molecule has 0 bridgehead atoms. The highest BCUT2D eigenvalue weighted by Crippen LogP contribution is 2.07. The zero-order chi connectivity index (χ0) is 6.85. The first-order chi connectivity index (χ1) is 4.20. The minimum absolute atomic E-state index is 0.369. The van der Waals surface area contributed by atoms with Gasteiger partial charge in [-0.3, -0.25) is 0 Å². The molecule has 9 heavy (non-hydrogen) atoms. The standard InChI is InChI=1S/C7H15NO/c1-5-4-8-6(2)7(3)9-5/h5-8H,4H2,1-3H3/t5-,6+,7+/m1/s1. The van der Waals surface area contributed by atoms with E-state index >= 15 is 0 Å². The van der Waals surface area contributed by atoms with Crippen LogP contribution in [0.5, 0.6) is 0 Å². The molecule has 1 saturated heterocycles. The zero-order valence-electron chi connectivity index (χ0n) is 6.35. The first kappa shape index (κ1) is 7.03. The Labute approximate surface area is 56.6 Å². The Morgan fingerprint density at radius 3 is 2.44 bits per heavy atom. The summed E-state index contributed by atoms with van der Waals surface area (Å²) >= 11 is 0. The van der Waals surface area contributed by atoms with E-state index in [2.05, 4.69) is 26.1 Å². The molecule has 0 amide bonds. The van der Waals surface area contributed by atoms with Gasteiger partial charge in [0.05, 0.1) is 12.2 Å². The Hall–Kier alpha value is -0.0800. The summed E-state index contributed by atoms with van der Waals surface area (Å²) < 4.78 is 5.54. The second kappa shape index (κ2) is 2.67. The van der Waals surface area contributed by atoms with Crippen LogP contribution >= 0.6 is 0 Å². The monoisotopic (exact) mass is 129 g/mol. The van der Waals surface area contributed by atoms with Crippen LogP contribution in [0.2, 0.25) is 0 Å². The lowest BCUT2D eigenvalue weighted by Gasteiger charge is -2.31. The molecule has 0 saturated carbocycles. The van der Waals surface area contributed by atoms with Gasteiger partial charge < -0.3 is 10.1 Å². The van der Waals surface area contributed by atoms with Crippen LogP contribution < -0.4 is 5.32 Å². The molecule has 0 aliphatic carbocycles. The fourth-order valence-electron chi connectivity index (χ4n) is 1.05. The van der Waals surface area contributed by atoms with Crippen molar-refractivity contribution in [3.05, 3.63) is 0 Å². The van der Waals surface area contributed by atoms with Crippen LogP contribution in [0.25, 0.3) is 0 Å². The largest absolute Gasteiger partial charge is 0.373 e. The van der Waals surface area contributed by atoms with Gasteiger partial charge in [0, 0.05) is 12.6 Å². The fraction of sp³-hybridized carbons (Fsp3) is 1.00. The van der Waals surface area contributed by atoms with Crippen molar-refractivity contribution in [2.45, 2.75) is 39.0 Å². The van der Waals surface area contributed by atoms with Crippen LogP contribution in [0.1, 0.15) is 20.8 Å². The molecule has 0 aromatic rings. The molecular formula is C7H15NO. The number of ether oxygens (including phenoxy) is 1. The summed E-state index contributed by atoms with van der Waals surface area (Å²) in [5.41, 5.74) is 0. The van der Waals surface area contributed by atoms with Gasteiger partial charge >= 0.3 is 0 Å². The molecule has 1 N–H and O–H groups in total. The molecular weight excluding hydrogens is 114 g/mol. The molecule has 1 aliphatic heterocycles. The summed E-state index contributed by atoms with van der Waals surface area (Å²) in [6.07, 6.45) is 0.755. The molecule has 0 aromatic heterocycles. The zero-order valence-corrected chi connectivity index (χ0v) is 6.35. The van der Waals surface area contributed by atoms with Crippen LogP contribution in [0, 0.1) is 0 Å². The molecule has 2 heteroatoms. The summed E-state index contributed by atoms with van der Waals surface area (Å²) in [7, 11) is 0. The van der Waals surface area contributed by atoms with Crippen molar-refractivity contribution in [3.63, 3.8) is 0 Å². The van der Waals surface area contributed by atoms with E-state index in [4.69, 9.17) is 4.74 Å². The maximum absolute atomic E-state index is 5.54. The quantitative estimate of drug-likeness (QED) is 0.521. The molecule has 0 unspecified atom stereocenters. The van der Waals surface area contributed by atoms with Crippen LogP contribution in [0.3, 0.4) is 0 Å². The minimum atomic E-state index is 0.369. The molecule has 0 aromatic carbocycles. The minimum Gasteiger partial charge on any atom is -0.373 e. The topological polar surface area (TPSA) is 21.3 Å². The van der Waals surface area contributed by atoms with E-state index in [1.54, 1.807) is 0 Å². The SMILES string of the molecule is C[C@@H]1CN[C@@H](C)[C@H](C)O1. The Balaban J connectivity index is 2.35. The van der Waals surface area contributed by atoms with Crippen molar-refractivity contribution in [2.24, 2.45) is 0 Å². The highest BCUT2D eigenvalue weighted by molar-refractivity contribution is 4.76. The van der Waals surface area contributed by atoms with Gasteiger partial charge in [-0.25, -0.2) is 0 Å². The van der Waals surface area contributed by atoms with E-state index in [9.17, 15) is 0 Å². The lowest BCUT2D eigenvalue weighted by molar-refractivity contribution is -0.0395. The molecule has 1 fully saturated rings. The Morgan fingerprint density at radius 1 is 1.33 bits per heavy atom. The van der Waals surface area contributed by atoms with Crippen LogP contribution in [0.15, 0.2) is 0 Å². The van der Waals surface area contributed by atoms with Gasteiger partial charge in [0.15, 0.2) is 0 Å². The van der Waals surface area contributed by atoms with Gasteiger partial charge in [-0.2, -0.15) is 0 Å². The average molecular weight is 129 g/mol. The number of morpholine rings is 1. The Kier molecular flexibility index (Phi) is 2.09. The molecule has 54 valence electrons. The first-order valence-electron chi connectivity index (χ1n) is 3.59. The average Bonchev–Trinajstić information content (AvgIpc) is 1.80. The van der Waals surface area contributed by atoms with E-state index in [1.807, 2.05) is 0 Å². The number of hydrogen-bond donors (Lipinski definition) is 1. The van der Waals surface area contributed by atoms with Gasteiger partial charge in [0.1, 0.15) is 0 Å². The second-order valence-corrected chi connectivity index (χ2v) is 2.85. The summed E-state index contributed by atoms with van der Waals surface area (Å²) in [4.78, 5) is 0. The summed E-state index contributed by atoms with van der Waals surface area (Å²) in [5.74, 6) is 0. The third-order valence-electron chi connectivity index (χ3n) is 1.88. The van der Waals surface area contributed by atoms with Crippen molar-refractivity contribution in [1.82, 2.24) is 5.32 Å². The van der Waals surface area contributed by atoms with Crippen molar-refractivity contribution < 1.29 is 4.74 Å². The molecule has 0 radical (unpaired) electrons. The molecule has 1 aliphatic rings. The van der Waals surface area contributed by atoms with Crippen molar-refractivity contribution >= 4 is 0 Å². The van der Waals surface area contributed by atoms with E-state index in [1.165, 1.54) is 0 Å². The molecule has 3 atom stereocenters. The number of hydrogen-bond acceptors (Lipinski definition) is 2. The molecule has 2 nitrogen and oxygen atoms in total. The second-order valence-electron chi connectivity index (χ2n) is 2.85. The normalized spacial score (nSPS) is 45.0. The van der Waals surface area contributed by atoms with Crippen molar-refractivity contribution in [3.8, 4) is 0 Å². The van der Waals surface area contributed by atoms with Gasteiger partial charge in [0.25, 0.3) is 0 Å². The highest BCUT2D eigenvalue weighted by atomic mass is 16.5. The summed E-state index contributed by atoms with van der Waals surface area (Å²) in [5, 5.41) is 3.36. The summed E-state index contributed by atoms with van der Waals surface area (Å²) in [6, 6.07) is 0.515. The predicted molar refractivity (Wildman–Crippen MR) is 37.5 cm³/mol. The third-order valence-corrected chi connectivity index (χ3v) is 1.88. The van der Waals surface area contributed by atoms with Gasteiger partial charge in [-0.1, -0.05) is 0 Å². The van der Waals surface area contributed by atoms with E-state index in [-0.39, 0.29) is 0 Å².